The average Bonchev–Trinajstić information content (AvgIpc) is 2.58. The molecule has 0 atom stereocenters. The second kappa shape index (κ2) is 3.32. The molecular weight excluding hydrogens is 186 g/mol. The Labute approximate surface area is 79.2 Å². The van der Waals surface area contributed by atoms with Crippen LogP contribution in [0.25, 0.3) is 10.1 Å². The van der Waals surface area contributed by atoms with Crippen molar-refractivity contribution in [1.82, 2.24) is 4.57 Å². The van der Waals surface area contributed by atoms with Gasteiger partial charge in [0.2, 0.25) is 0 Å². The lowest BCUT2D eigenvalue weighted by Crippen LogP contribution is -2.19. The van der Waals surface area contributed by atoms with Crippen LogP contribution < -0.4 is 5.56 Å². The Morgan fingerprint density at radius 2 is 2.38 bits per heavy atom. The first-order chi connectivity index (χ1) is 6.33. The predicted molar refractivity (Wildman–Crippen MR) is 53.1 cm³/mol. The molecule has 0 saturated carbocycles. The Morgan fingerprint density at radius 1 is 1.54 bits per heavy atom. The summed E-state index contributed by atoms with van der Waals surface area (Å²) in [6.45, 7) is 0.310. The van der Waals surface area contributed by atoms with Gasteiger partial charge in [-0.3, -0.25) is 9.36 Å². The minimum absolute atomic E-state index is 0.0144. The van der Waals surface area contributed by atoms with Gasteiger partial charge in [0.15, 0.2) is 0 Å². The van der Waals surface area contributed by atoms with E-state index in [2.05, 4.69) is 0 Å². The SMILES string of the molecule is COCn1ccc2sccc2c1=O. The molecule has 0 aliphatic heterocycles. The fraction of sp³-hybridized carbons (Fsp3) is 0.222. The quantitative estimate of drug-likeness (QED) is 0.729. The van der Waals surface area contributed by atoms with Gasteiger partial charge in [-0.25, -0.2) is 0 Å². The van der Waals surface area contributed by atoms with Gasteiger partial charge >= 0.3 is 0 Å². The normalized spacial score (nSPS) is 10.8. The topological polar surface area (TPSA) is 31.2 Å². The van der Waals surface area contributed by atoms with Crippen LogP contribution in [-0.4, -0.2) is 11.7 Å². The maximum absolute atomic E-state index is 11.7. The van der Waals surface area contributed by atoms with Gasteiger partial charge in [0.05, 0.1) is 5.39 Å². The van der Waals surface area contributed by atoms with Gasteiger partial charge in [0.25, 0.3) is 5.56 Å². The van der Waals surface area contributed by atoms with Crippen molar-refractivity contribution in [3.63, 3.8) is 0 Å². The van der Waals surface area contributed by atoms with E-state index in [0.29, 0.717) is 6.73 Å². The molecule has 0 aliphatic rings. The monoisotopic (exact) mass is 195 g/mol. The molecule has 2 aromatic rings. The van der Waals surface area contributed by atoms with Crippen molar-refractivity contribution < 1.29 is 4.74 Å². The van der Waals surface area contributed by atoms with Crippen molar-refractivity contribution in [1.29, 1.82) is 0 Å². The molecular formula is C9H9NO2S. The van der Waals surface area contributed by atoms with E-state index >= 15 is 0 Å². The van der Waals surface area contributed by atoms with Crippen molar-refractivity contribution in [2.24, 2.45) is 0 Å². The fourth-order valence-electron chi connectivity index (χ4n) is 1.25. The van der Waals surface area contributed by atoms with Crippen LogP contribution in [0.2, 0.25) is 0 Å². The van der Waals surface area contributed by atoms with Crippen LogP contribution in [0, 0.1) is 0 Å². The zero-order valence-corrected chi connectivity index (χ0v) is 8.00. The fourth-order valence-corrected chi connectivity index (χ4v) is 2.02. The van der Waals surface area contributed by atoms with Gasteiger partial charge in [-0.15, -0.1) is 11.3 Å². The van der Waals surface area contributed by atoms with Crippen molar-refractivity contribution in [2.75, 3.05) is 7.11 Å². The van der Waals surface area contributed by atoms with Crippen molar-refractivity contribution >= 4 is 21.4 Å². The molecule has 0 fully saturated rings. The number of thiophene rings is 1. The number of pyridine rings is 1. The number of rotatable bonds is 2. The zero-order chi connectivity index (χ0) is 9.26. The van der Waals surface area contributed by atoms with E-state index in [-0.39, 0.29) is 5.56 Å². The van der Waals surface area contributed by atoms with E-state index in [9.17, 15) is 4.79 Å². The number of nitrogens with zero attached hydrogens (tertiary/aromatic N) is 1. The Kier molecular flexibility index (Phi) is 2.16. The van der Waals surface area contributed by atoms with E-state index in [1.807, 2.05) is 17.5 Å². The second-order valence-electron chi connectivity index (χ2n) is 2.71. The third-order valence-corrected chi connectivity index (χ3v) is 2.74. The molecule has 3 nitrogen and oxygen atoms in total. The van der Waals surface area contributed by atoms with Gasteiger partial charge in [0, 0.05) is 18.0 Å². The summed E-state index contributed by atoms with van der Waals surface area (Å²) in [6.07, 6.45) is 1.75. The standard InChI is InChI=1S/C9H9NO2S/c1-12-6-10-4-2-8-7(9(10)11)3-5-13-8/h2-5H,6H2,1H3. The Morgan fingerprint density at radius 3 is 3.15 bits per heavy atom. The summed E-state index contributed by atoms with van der Waals surface area (Å²) in [7, 11) is 1.57. The molecule has 0 aromatic carbocycles. The molecule has 0 spiro atoms. The maximum Gasteiger partial charge on any atom is 0.261 e. The molecule has 0 bridgehead atoms. The Bertz CT molecular complexity index is 472. The average molecular weight is 195 g/mol. The molecule has 0 saturated heterocycles. The highest BCUT2D eigenvalue weighted by atomic mass is 32.1. The van der Waals surface area contributed by atoms with Gasteiger partial charge in [-0.1, -0.05) is 0 Å². The molecule has 0 amide bonds. The van der Waals surface area contributed by atoms with Crippen LogP contribution >= 0.6 is 11.3 Å². The molecule has 0 unspecified atom stereocenters. The highest BCUT2D eigenvalue weighted by molar-refractivity contribution is 7.17. The molecule has 0 aliphatic carbocycles. The number of hydrogen-bond acceptors (Lipinski definition) is 3. The minimum atomic E-state index is 0.0144. The summed E-state index contributed by atoms with van der Waals surface area (Å²) >= 11 is 1.57. The molecule has 0 N–H and O–H groups in total. The summed E-state index contributed by atoms with van der Waals surface area (Å²) < 4.78 is 7.48. The Hall–Kier alpha value is -1.13. The van der Waals surface area contributed by atoms with E-state index in [1.165, 1.54) is 0 Å². The lowest BCUT2D eigenvalue weighted by atomic mass is 10.3. The highest BCUT2D eigenvalue weighted by Gasteiger charge is 2.01. The number of aromatic nitrogens is 1. The van der Waals surface area contributed by atoms with Crippen LogP contribution in [0.5, 0.6) is 0 Å². The van der Waals surface area contributed by atoms with Crippen molar-refractivity contribution in [3.8, 4) is 0 Å². The van der Waals surface area contributed by atoms with Crippen LogP contribution in [0.15, 0.2) is 28.5 Å². The van der Waals surface area contributed by atoms with Crippen LogP contribution in [0.4, 0.5) is 0 Å². The van der Waals surface area contributed by atoms with Crippen LogP contribution in [0.3, 0.4) is 0 Å². The summed E-state index contributed by atoms with van der Waals surface area (Å²) in [4.78, 5) is 11.7. The highest BCUT2D eigenvalue weighted by Crippen LogP contribution is 2.15. The minimum Gasteiger partial charge on any atom is -0.364 e. The smallest absolute Gasteiger partial charge is 0.261 e. The third-order valence-electron chi connectivity index (χ3n) is 1.86. The molecule has 2 rings (SSSR count). The van der Waals surface area contributed by atoms with Crippen molar-refractivity contribution in [3.05, 3.63) is 34.1 Å². The molecule has 2 aromatic heterocycles. The lowest BCUT2D eigenvalue weighted by molar-refractivity contribution is 0.128. The summed E-state index contributed by atoms with van der Waals surface area (Å²) in [5, 5.41) is 2.69. The number of fused-ring (bicyclic) bond motifs is 1. The summed E-state index contributed by atoms with van der Waals surface area (Å²) in [5.74, 6) is 0. The molecule has 13 heavy (non-hydrogen) atoms. The summed E-state index contributed by atoms with van der Waals surface area (Å²) in [5.41, 5.74) is 0.0144. The third kappa shape index (κ3) is 1.38. The lowest BCUT2D eigenvalue weighted by Gasteiger charge is -2.02. The van der Waals surface area contributed by atoms with E-state index < -0.39 is 0 Å². The summed E-state index contributed by atoms with van der Waals surface area (Å²) in [6, 6.07) is 3.77. The van der Waals surface area contributed by atoms with Gasteiger partial charge in [0.1, 0.15) is 6.73 Å². The molecule has 4 heteroatoms. The van der Waals surface area contributed by atoms with Gasteiger partial charge in [-0.05, 0) is 17.5 Å². The van der Waals surface area contributed by atoms with Crippen LogP contribution in [0.1, 0.15) is 0 Å². The van der Waals surface area contributed by atoms with Crippen LogP contribution in [-0.2, 0) is 11.5 Å². The second-order valence-corrected chi connectivity index (χ2v) is 3.65. The first kappa shape index (κ1) is 8.47. The van der Waals surface area contributed by atoms with E-state index in [4.69, 9.17) is 4.74 Å². The van der Waals surface area contributed by atoms with Crippen molar-refractivity contribution in [2.45, 2.75) is 6.73 Å². The first-order valence-electron chi connectivity index (χ1n) is 3.88. The van der Waals surface area contributed by atoms with E-state index in [1.54, 1.807) is 29.2 Å². The zero-order valence-electron chi connectivity index (χ0n) is 7.19. The van der Waals surface area contributed by atoms with Gasteiger partial charge < -0.3 is 4.74 Å². The molecule has 2 heterocycles. The molecule has 0 radical (unpaired) electrons. The van der Waals surface area contributed by atoms with E-state index in [0.717, 1.165) is 10.1 Å². The number of methoxy groups -OCH3 is 1. The molecule has 68 valence electrons. The maximum atomic E-state index is 11.7. The largest absolute Gasteiger partial charge is 0.364 e. The Balaban J connectivity index is 2.67. The number of hydrogen-bond donors (Lipinski definition) is 0. The first-order valence-corrected chi connectivity index (χ1v) is 4.76. The number of ether oxygens (including phenoxy) is 1. The van der Waals surface area contributed by atoms with Gasteiger partial charge in [-0.2, -0.15) is 0 Å². The predicted octanol–water partition coefficient (Wildman–Crippen LogP) is 1.67.